The van der Waals surface area contributed by atoms with E-state index >= 15 is 0 Å². The van der Waals surface area contributed by atoms with Crippen molar-refractivity contribution < 1.29 is 14.1 Å². The summed E-state index contributed by atoms with van der Waals surface area (Å²) in [6.07, 6.45) is 0. The maximum Gasteiger partial charge on any atom is 0.324 e. The van der Waals surface area contributed by atoms with Crippen LogP contribution in [0.2, 0.25) is 0 Å². The van der Waals surface area contributed by atoms with Crippen molar-refractivity contribution in [3.05, 3.63) is 54.6 Å². The summed E-state index contributed by atoms with van der Waals surface area (Å²) in [7, 11) is 0. The zero-order valence-corrected chi connectivity index (χ0v) is 15.3. The Morgan fingerprint density at radius 1 is 1.04 bits per heavy atom. The van der Waals surface area contributed by atoms with Gasteiger partial charge in [0.2, 0.25) is 11.7 Å². The van der Waals surface area contributed by atoms with Crippen LogP contribution in [0.3, 0.4) is 0 Å². The highest BCUT2D eigenvalue weighted by Crippen LogP contribution is 2.27. The second kappa shape index (κ2) is 8.10. The highest BCUT2D eigenvalue weighted by atomic mass is 16.5. The number of carbonyl (C=O) groups excluding carboxylic acids is 1. The average molecular weight is 379 g/mol. The van der Waals surface area contributed by atoms with Crippen LogP contribution in [0.4, 0.5) is 6.01 Å². The fourth-order valence-electron chi connectivity index (χ4n) is 3.06. The molecule has 1 saturated heterocycles. The lowest BCUT2D eigenvalue weighted by Crippen LogP contribution is -2.50. The number of benzene rings is 2. The van der Waals surface area contributed by atoms with Crippen LogP contribution in [0.1, 0.15) is 0 Å². The third-order valence-corrected chi connectivity index (χ3v) is 4.56. The maximum absolute atomic E-state index is 11.7. The molecule has 2 aromatic carbocycles. The molecule has 8 heteroatoms. The molecule has 0 saturated carbocycles. The van der Waals surface area contributed by atoms with Crippen molar-refractivity contribution in [2.45, 2.75) is 0 Å². The summed E-state index contributed by atoms with van der Waals surface area (Å²) in [4.78, 5) is 19.9. The van der Waals surface area contributed by atoms with E-state index in [2.05, 4.69) is 10.1 Å². The molecular formula is C20H21N5O3. The lowest BCUT2D eigenvalue weighted by atomic mass is 10.2. The van der Waals surface area contributed by atoms with Gasteiger partial charge in [0, 0.05) is 31.7 Å². The van der Waals surface area contributed by atoms with Gasteiger partial charge in [-0.15, -0.1) is 0 Å². The van der Waals surface area contributed by atoms with Crippen molar-refractivity contribution in [3.8, 4) is 22.9 Å². The van der Waals surface area contributed by atoms with Crippen LogP contribution >= 0.6 is 0 Å². The number of para-hydroxylation sites is 1. The number of aromatic nitrogens is 2. The number of nitrogens with two attached hydrogens (primary N) is 1. The first kappa shape index (κ1) is 18.0. The van der Waals surface area contributed by atoms with E-state index in [9.17, 15) is 4.79 Å². The highest BCUT2D eigenvalue weighted by molar-refractivity contribution is 5.78. The molecule has 144 valence electrons. The number of carbonyl (C=O) groups is 1. The highest BCUT2D eigenvalue weighted by Gasteiger charge is 2.24. The number of hydrogen-bond acceptors (Lipinski definition) is 7. The van der Waals surface area contributed by atoms with Gasteiger partial charge in [0.25, 0.3) is 0 Å². The summed E-state index contributed by atoms with van der Waals surface area (Å²) in [5.41, 5.74) is 6.23. The van der Waals surface area contributed by atoms with Gasteiger partial charge < -0.3 is 24.8 Å². The summed E-state index contributed by atoms with van der Waals surface area (Å²) < 4.78 is 11.3. The molecule has 1 aromatic heterocycles. The Hall–Kier alpha value is -3.39. The Kier molecular flexibility index (Phi) is 5.20. The van der Waals surface area contributed by atoms with Gasteiger partial charge >= 0.3 is 6.01 Å². The van der Waals surface area contributed by atoms with Crippen LogP contribution in [0.25, 0.3) is 11.4 Å². The van der Waals surface area contributed by atoms with E-state index < -0.39 is 0 Å². The number of hydrogen-bond donors (Lipinski definition) is 1. The fourth-order valence-corrected chi connectivity index (χ4v) is 3.06. The zero-order valence-electron chi connectivity index (χ0n) is 15.3. The first-order valence-electron chi connectivity index (χ1n) is 9.13. The van der Waals surface area contributed by atoms with E-state index in [0.717, 1.165) is 11.3 Å². The van der Waals surface area contributed by atoms with E-state index in [0.29, 0.717) is 43.8 Å². The van der Waals surface area contributed by atoms with Gasteiger partial charge in [-0.25, -0.2) is 0 Å². The number of nitrogens with zero attached hydrogens (tertiary/aromatic N) is 4. The molecule has 1 amide bonds. The molecule has 28 heavy (non-hydrogen) atoms. The maximum atomic E-state index is 11.7. The summed E-state index contributed by atoms with van der Waals surface area (Å²) in [6, 6.07) is 17.6. The molecule has 1 aliphatic rings. The number of anilines is 1. The topological polar surface area (TPSA) is 97.7 Å². The van der Waals surface area contributed by atoms with Gasteiger partial charge in [-0.2, -0.15) is 4.98 Å². The molecule has 1 aliphatic heterocycles. The minimum Gasteiger partial charge on any atom is -0.457 e. The van der Waals surface area contributed by atoms with Gasteiger partial charge in [-0.05, 0) is 24.3 Å². The third kappa shape index (κ3) is 3.96. The predicted octanol–water partition coefficient (Wildman–Crippen LogP) is 2.14. The molecule has 3 aromatic rings. The lowest BCUT2D eigenvalue weighted by Gasteiger charge is -2.33. The zero-order chi connectivity index (χ0) is 19.3. The first-order chi connectivity index (χ1) is 13.7. The summed E-state index contributed by atoms with van der Waals surface area (Å²) in [5.74, 6) is 1.91. The number of piperazine rings is 1. The second-order valence-electron chi connectivity index (χ2n) is 6.42. The van der Waals surface area contributed by atoms with Gasteiger partial charge in [0.05, 0.1) is 6.54 Å². The molecule has 2 heterocycles. The van der Waals surface area contributed by atoms with Crippen LogP contribution in [0.15, 0.2) is 59.1 Å². The standard InChI is InChI=1S/C20H21N5O3/c21-14-18(26)24-9-11-25(12-10-24)20-22-19(23-28-20)15-5-4-8-17(13-15)27-16-6-2-1-3-7-16/h1-8,13H,9-12,14,21H2. The fraction of sp³-hybridized carbons (Fsp3) is 0.250. The number of rotatable bonds is 5. The molecule has 0 radical (unpaired) electrons. The van der Waals surface area contributed by atoms with Crippen molar-refractivity contribution in [1.82, 2.24) is 15.0 Å². The van der Waals surface area contributed by atoms with Crippen molar-refractivity contribution in [2.75, 3.05) is 37.6 Å². The van der Waals surface area contributed by atoms with Crippen molar-refractivity contribution >= 4 is 11.9 Å². The molecule has 0 atom stereocenters. The van der Waals surface area contributed by atoms with Crippen molar-refractivity contribution in [3.63, 3.8) is 0 Å². The first-order valence-corrected chi connectivity index (χ1v) is 9.13. The van der Waals surface area contributed by atoms with Crippen LogP contribution < -0.4 is 15.4 Å². The normalized spacial score (nSPS) is 14.2. The van der Waals surface area contributed by atoms with Gasteiger partial charge in [0.1, 0.15) is 11.5 Å². The summed E-state index contributed by atoms with van der Waals surface area (Å²) >= 11 is 0. The number of ether oxygens (including phenoxy) is 1. The van der Waals surface area contributed by atoms with Crippen molar-refractivity contribution in [2.24, 2.45) is 5.73 Å². The molecule has 0 spiro atoms. The number of amides is 1. The van der Waals surface area contributed by atoms with Crippen LogP contribution in [0.5, 0.6) is 11.5 Å². The smallest absolute Gasteiger partial charge is 0.324 e. The minimum absolute atomic E-state index is 0.0338. The monoisotopic (exact) mass is 379 g/mol. The molecule has 0 aliphatic carbocycles. The Labute approximate surface area is 162 Å². The largest absolute Gasteiger partial charge is 0.457 e. The van der Waals surface area contributed by atoms with E-state index in [4.69, 9.17) is 15.0 Å². The molecule has 0 unspecified atom stereocenters. The quantitative estimate of drug-likeness (QED) is 0.725. The lowest BCUT2D eigenvalue weighted by molar-refractivity contribution is -0.129. The van der Waals surface area contributed by atoms with Gasteiger partial charge in [-0.1, -0.05) is 35.5 Å². The minimum atomic E-state index is -0.0406. The Balaban J connectivity index is 1.45. The molecule has 4 rings (SSSR count). The summed E-state index contributed by atoms with van der Waals surface area (Å²) in [5, 5.41) is 4.10. The molecule has 0 bridgehead atoms. The summed E-state index contributed by atoms with van der Waals surface area (Å²) in [6.45, 7) is 2.48. The second-order valence-corrected chi connectivity index (χ2v) is 6.42. The molecular weight excluding hydrogens is 358 g/mol. The van der Waals surface area contributed by atoms with Gasteiger partial charge in [0.15, 0.2) is 0 Å². The van der Waals surface area contributed by atoms with Crippen molar-refractivity contribution in [1.29, 1.82) is 0 Å². The SMILES string of the molecule is NCC(=O)N1CCN(c2nc(-c3cccc(Oc4ccccc4)c3)no2)CC1. The molecule has 2 N–H and O–H groups in total. The average Bonchev–Trinajstić information content (AvgIpc) is 3.25. The van der Waals surface area contributed by atoms with Crippen LogP contribution in [0, 0.1) is 0 Å². The van der Waals surface area contributed by atoms with Gasteiger partial charge in [-0.3, -0.25) is 4.79 Å². The third-order valence-electron chi connectivity index (χ3n) is 4.56. The Morgan fingerprint density at radius 3 is 2.54 bits per heavy atom. The van der Waals surface area contributed by atoms with E-state index in [1.807, 2.05) is 59.5 Å². The van der Waals surface area contributed by atoms with Crippen LogP contribution in [-0.4, -0.2) is 53.7 Å². The Bertz CT molecular complexity index is 936. The van der Waals surface area contributed by atoms with E-state index in [-0.39, 0.29) is 12.5 Å². The van der Waals surface area contributed by atoms with Crippen LogP contribution in [-0.2, 0) is 4.79 Å². The predicted molar refractivity (Wildman–Crippen MR) is 104 cm³/mol. The molecule has 1 fully saturated rings. The molecule has 8 nitrogen and oxygen atoms in total. The van der Waals surface area contributed by atoms with E-state index in [1.165, 1.54) is 0 Å². The Morgan fingerprint density at radius 2 is 1.79 bits per heavy atom. The van der Waals surface area contributed by atoms with E-state index in [1.54, 1.807) is 4.90 Å².